The van der Waals surface area contributed by atoms with Gasteiger partial charge in [0.25, 0.3) is 0 Å². The lowest BCUT2D eigenvalue weighted by atomic mass is 10.2. The number of sulfonamides is 1. The number of hydrogen-bond acceptors (Lipinski definition) is 3. The molecule has 0 radical (unpaired) electrons. The molecule has 2 aromatic rings. The van der Waals surface area contributed by atoms with Crippen molar-refractivity contribution in [3.8, 4) is 0 Å². The molecule has 2 aromatic carbocycles. The first-order valence-corrected chi connectivity index (χ1v) is 8.53. The Balaban J connectivity index is 2.12. The fourth-order valence-corrected chi connectivity index (χ4v) is 3.12. The van der Waals surface area contributed by atoms with Crippen molar-refractivity contribution in [3.05, 3.63) is 59.4 Å². The number of anilines is 1. The largest absolute Gasteiger partial charge is 0.322 e. The fraction of sp³-hybridized carbons (Fsp3) is 0.188. The third kappa shape index (κ3) is 4.18. The van der Waals surface area contributed by atoms with E-state index in [2.05, 4.69) is 0 Å². The van der Waals surface area contributed by atoms with Gasteiger partial charge in [0, 0.05) is 7.05 Å². The summed E-state index contributed by atoms with van der Waals surface area (Å²) < 4.78 is 65.0. The quantitative estimate of drug-likeness (QED) is 0.821. The molecule has 134 valence electrons. The second-order valence-corrected chi connectivity index (χ2v) is 7.39. The number of amides is 1. The van der Waals surface area contributed by atoms with Gasteiger partial charge in [-0.2, -0.15) is 4.31 Å². The van der Waals surface area contributed by atoms with Crippen LogP contribution in [0, 0.1) is 24.4 Å². The van der Waals surface area contributed by atoms with Gasteiger partial charge in [-0.25, -0.2) is 21.6 Å². The topological polar surface area (TPSA) is 66.5 Å². The van der Waals surface area contributed by atoms with Crippen LogP contribution in [0.1, 0.15) is 5.56 Å². The monoisotopic (exact) mass is 372 g/mol. The van der Waals surface area contributed by atoms with Crippen LogP contribution in [0.5, 0.6) is 0 Å². The van der Waals surface area contributed by atoms with Crippen molar-refractivity contribution in [1.82, 2.24) is 4.31 Å². The van der Waals surface area contributed by atoms with E-state index in [1.54, 1.807) is 19.1 Å². The number of halogens is 3. The molecule has 5 nitrogen and oxygen atoms in total. The van der Waals surface area contributed by atoms with Crippen LogP contribution in [-0.4, -0.2) is 32.2 Å². The van der Waals surface area contributed by atoms with Gasteiger partial charge in [-0.05, 0) is 31.2 Å². The second-order valence-electron chi connectivity index (χ2n) is 5.35. The lowest BCUT2D eigenvalue weighted by Crippen LogP contribution is -2.35. The molecule has 0 saturated heterocycles. The van der Waals surface area contributed by atoms with Crippen molar-refractivity contribution in [2.75, 3.05) is 18.9 Å². The summed E-state index contributed by atoms with van der Waals surface area (Å²) >= 11 is 0. The highest BCUT2D eigenvalue weighted by Crippen LogP contribution is 2.20. The lowest BCUT2D eigenvalue weighted by Gasteiger charge is -2.17. The molecule has 0 aliphatic carbocycles. The van der Waals surface area contributed by atoms with Crippen LogP contribution < -0.4 is 5.32 Å². The summed E-state index contributed by atoms with van der Waals surface area (Å²) in [6.07, 6.45) is 0. The van der Waals surface area contributed by atoms with E-state index in [1.807, 2.05) is 5.32 Å². The molecule has 1 N–H and O–H groups in total. The molecule has 0 spiro atoms. The highest BCUT2D eigenvalue weighted by atomic mass is 32.2. The Kier molecular flexibility index (Phi) is 5.48. The molecule has 0 heterocycles. The molecule has 0 aromatic heterocycles. The lowest BCUT2D eigenvalue weighted by molar-refractivity contribution is -0.116. The van der Waals surface area contributed by atoms with Crippen LogP contribution in [0.25, 0.3) is 0 Å². The molecule has 0 fully saturated rings. The van der Waals surface area contributed by atoms with Crippen molar-refractivity contribution >= 4 is 21.6 Å². The Labute approximate surface area is 143 Å². The van der Waals surface area contributed by atoms with Gasteiger partial charge in [0.2, 0.25) is 15.9 Å². The maximum atomic E-state index is 13.5. The fourth-order valence-electron chi connectivity index (χ4n) is 1.99. The Morgan fingerprint density at radius 3 is 2.24 bits per heavy atom. The van der Waals surface area contributed by atoms with Crippen molar-refractivity contribution in [3.63, 3.8) is 0 Å². The normalized spacial score (nSPS) is 11.6. The van der Waals surface area contributed by atoms with Gasteiger partial charge in [-0.15, -0.1) is 0 Å². The summed E-state index contributed by atoms with van der Waals surface area (Å²) in [5.41, 5.74) is 0.290. The van der Waals surface area contributed by atoms with Crippen molar-refractivity contribution in [2.45, 2.75) is 11.8 Å². The van der Waals surface area contributed by atoms with E-state index in [9.17, 15) is 26.4 Å². The number of carbonyl (C=O) groups excluding carboxylic acids is 1. The minimum Gasteiger partial charge on any atom is -0.322 e. The van der Waals surface area contributed by atoms with E-state index in [0.29, 0.717) is 6.07 Å². The zero-order chi connectivity index (χ0) is 18.8. The first-order valence-electron chi connectivity index (χ1n) is 7.09. The molecule has 0 bridgehead atoms. The molecule has 0 aliphatic heterocycles. The Morgan fingerprint density at radius 1 is 1.04 bits per heavy atom. The van der Waals surface area contributed by atoms with Crippen LogP contribution in [0.4, 0.5) is 18.9 Å². The van der Waals surface area contributed by atoms with E-state index in [0.717, 1.165) is 15.9 Å². The second kappa shape index (κ2) is 7.24. The zero-order valence-corrected chi connectivity index (χ0v) is 14.2. The molecule has 0 atom stereocenters. The Bertz CT molecular complexity index is 900. The Morgan fingerprint density at radius 2 is 1.64 bits per heavy atom. The third-order valence-corrected chi connectivity index (χ3v) is 5.22. The van der Waals surface area contributed by atoms with Crippen molar-refractivity contribution < 1.29 is 26.4 Å². The highest BCUT2D eigenvalue weighted by molar-refractivity contribution is 7.89. The average molecular weight is 372 g/mol. The van der Waals surface area contributed by atoms with Crippen LogP contribution >= 0.6 is 0 Å². The number of nitrogens with zero attached hydrogens (tertiary/aromatic N) is 1. The first kappa shape index (κ1) is 18.9. The van der Waals surface area contributed by atoms with Crippen LogP contribution in [0.3, 0.4) is 0 Å². The third-order valence-electron chi connectivity index (χ3n) is 3.40. The molecular weight excluding hydrogens is 357 g/mol. The average Bonchev–Trinajstić information content (AvgIpc) is 2.55. The van der Waals surface area contributed by atoms with E-state index >= 15 is 0 Å². The van der Waals surface area contributed by atoms with Crippen LogP contribution in [-0.2, 0) is 14.8 Å². The summed E-state index contributed by atoms with van der Waals surface area (Å²) in [5.74, 6) is -5.58. The zero-order valence-electron chi connectivity index (χ0n) is 13.4. The summed E-state index contributed by atoms with van der Waals surface area (Å²) in [5, 5.41) is 2.02. The first-order chi connectivity index (χ1) is 11.6. The predicted molar refractivity (Wildman–Crippen MR) is 85.9 cm³/mol. The highest BCUT2D eigenvalue weighted by Gasteiger charge is 2.23. The van der Waals surface area contributed by atoms with Gasteiger partial charge in [0.15, 0.2) is 17.5 Å². The molecule has 1 amide bonds. The molecule has 9 heteroatoms. The molecule has 0 aliphatic rings. The predicted octanol–water partition coefficient (Wildman–Crippen LogP) is 2.67. The number of carbonyl (C=O) groups is 1. The number of likely N-dealkylation sites (N-methyl/N-ethyl adjacent to an activating group) is 1. The van der Waals surface area contributed by atoms with Gasteiger partial charge in [0.1, 0.15) is 0 Å². The summed E-state index contributed by atoms with van der Waals surface area (Å²) in [6.45, 7) is 1.17. The summed E-state index contributed by atoms with van der Waals surface area (Å²) in [4.78, 5) is 11.9. The number of rotatable bonds is 5. The molecular formula is C16H15F3N2O3S. The Hall–Kier alpha value is -2.39. The smallest absolute Gasteiger partial charge is 0.243 e. The maximum absolute atomic E-state index is 13.5. The SMILES string of the molecule is Cc1ccc(S(=O)(=O)N(C)CC(=O)Nc2ccc(F)c(F)c2F)cc1. The number of nitrogens with one attached hydrogen (secondary N) is 1. The number of benzene rings is 2. The standard InChI is InChI=1S/C16H15F3N2O3S/c1-10-3-5-11(6-4-10)25(23,24)21(2)9-14(22)20-13-8-7-12(17)15(18)16(13)19/h3-8H,9H2,1-2H3,(H,20,22). The molecule has 2 rings (SSSR count). The van der Waals surface area contributed by atoms with Gasteiger partial charge in [0.05, 0.1) is 17.1 Å². The van der Waals surface area contributed by atoms with E-state index in [-0.39, 0.29) is 4.90 Å². The van der Waals surface area contributed by atoms with Gasteiger partial charge in [-0.3, -0.25) is 4.79 Å². The molecule has 0 saturated carbocycles. The summed E-state index contributed by atoms with van der Waals surface area (Å²) in [6, 6.07) is 7.51. The van der Waals surface area contributed by atoms with Gasteiger partial charge in [-0.1, -0.05) is 17.7 Å². The van der Waals surface area contributed by atoms with E-state index in [1.165, 1.54) is 19.2 Å². The van der Waals surface area contributed by atoms with Crippen LogP contribution in [0.2, 0.25) is 0 Å². The van der Waals surface area contributed by atoms with Crippen LogP contribution in [0.15, 0.2) is 41.3 Å². The van der Waals surface area contributed by atoms with E-state index in [4.69, 9.17) is 0 Å². The number of hydrogen-bond donors (Lipinski definition) is 1. The summed E-state index contributed by atoms with van der Waals surface area (Å²) in [7, 11) is -2.75. The molecule has 25 heavy (non-hydrogen) atoms. The minimum atomic E-state index is -3.92. The maximum Gasteiger partial charge on any atom is 0.243 e. The van der Waals surface area contributed by atoms with Gasteiger partial charge < -0.3 is 5.32 Å². The van der Waals surface area contributed by atoms with E-state index < -0.39 is 45.6 Å². The van der Waals surface area contributed by atoms with Crippen molar-refractivity contribution in [2.24, 2.45) is 0 Å². The number of aryl methyl sites for hydroxylation is 1. The van der Waals surface area contributed by atoms with Gasteiger partial charge >= 0.3 is 0 Å². The molecule has 0 unspecified atom stereocenters. The minimum absolute atomic E-state index is 0.00703. The van der Waals surface area contributed by atoms with Crippen molar-refractivity contribution in [1.29, 1.82) is 0 Å².